The molecule has 4 aliphatic heterocycles. The zero-order valence-electron chi connectivity index (χ0n) is 38.2. The van der Waals surface area contributed by atoms with Crippen LogP contribution in [0.3, 0.4) is 0 Å². The molecule has 16 nitrogen and oxygen atoms in total. The molecular formula is C47H65ClN4O12. The number of aromatic hydroxyl groups is 3. The SMILES string of the molecule is COC1/C=C\OC2(C)Oc3c(C)c(O)c4c(O)c(c(/C=N/N5CCN(C6CCCC6)CC5)c(O)c4c3C2=O)NC(=O)/C(C)=C\C=C/C(C)C(O)C(C)C(O)C(C)C(OC(C)=O)C1C.Cl. The number of hydrogen-bond acceptors (Lipinski definition) is 15. The van der Waals surface area contributed by atoms with Crippen molar-refractivity contribution in [3.8, 4) is 23.0 Å². The maximum absolute atomic E-state index is 14.5. The number of benzene rings is 2. The van der Waals surface area contributed by atoms with Gasteiger partial charge < -0.3 is 49.8 Å². The number of allylic oxidation sites excluding steroid dienone is 2. The number of halogens is 1. The first-order chi connectivity index (χ1) is 29.8. The predicted octanol–water partition coefficient (Wildman–Crippen LogP) is 6.07. The molecule has 64 heavy (non-hydrogen) atoms. The Morgan fingerprint density at radius 1 is 0.922 bits per heavy atom. The zero-order valence-corrected chi connectivity index (χ0v) is 39.0. The molecule has 9 unspecified atom stereocenters. The number of aliphatic hydroxyl groups is 2. The van der Waals surface area contributed by atoms with E-state index in [4.69, 9.17) is 18.9 Å². The molecule has 1 aliphatic carbocycles. The average Bonchev–Trinajstić information content (AvgIpc) is 3.89. The number of amides is 1. The third kappa shape index (κ3) is 9.86. The van der Waals surface area contributed by atoms with Crippen LogP contribution in [0.2, 0.25) is 0 Å². The maximum atomic E-state index is 14.5. The van der Waals surface area contributed by atoms with Gasteiger partial charge in [0.1, 0.15) is 23.4 Å². The van der Waals surface area contributed by atoms with Gasteiger partial charge in [-0.1, -0.05) is 58.8 Å². The summed E-state index contributed by atoms with van der Waals surface area (Å²) in [6.07, 6.45) is 9.75. The molecule has 7 rings (SSSR count). The van der Waals surface area contributed by atoms with E-state index in [1.807, 2.05) is 5.01 Å². The predicted molar refractivity (Wildman–Crippen MR) is 244 cm³/mol. The lowest BCUT2D eigenvalue weighted by Gasteiger charge is -2.38. The number of methoxy groups -OCH3 is 1. The lowest BCUT2D eigenvalue weighted by molar-refractivity contribution is -0.160. The van der Waals surface area contributed by atoms with Crippen LogP contribution in [0.4, 0.5) is 5.69 Å². The van der Waals surface area contributed by atoms with Crippen molar-refractivity contribution in [2.45, 2.75) is 117 Å². The Bertz CT molecular complexity index is 2200. The van der Waals surface area contributed by atoms with Gasteiger partial charge in [0.2, 0.25) is 0 Å². The van der Waals surface area contributed by atoms with E-state index in [0.29, 0.717) is 19.1 Å². The van der Waals surface area contributed by atoms with E-state index in [1.54, 1.807) is 39.8 Å². The van der Waals surface area contributed by atoms with Gasteiger partial charge in [0.25, 0.3) is 11.7 Å². The molecule has 1 saturated carbocycles. The van der Waals surface area contributed by atoms with E-state index < -0.39 is 88.8 Å². The molecule has 1 amide bonds. The second kappa shape index (κ2) is 20.5. The molecule has 6 N–H and O–H groups in total. The number of piperazine rings is 1. The monoisotopic (exact) mass is 912 g/mol. The van der Waals surface area contributed by atoms with E-state index in [2.05, 4.69) is 15.3 Å². The van der Waals surface area contributed by atoms with Crippen LogP contribution in [0.1, 0.15) is 95.6 Å². The average molecular weight is 914 g/mol. The molecule has 1 saturated heterocycles. The van der Waals surface area contributed by atoms with E-state index >= 15 is 0 Å². The summed E-state index contributed by atoms with van der Waals surface area (Å²) < 4.78 is 23.7. The molecular weight excluding hydrogens is 848 g/mol. The number of fused-ring (bicyclic) bond motifs is 14. The molecule has 2 aromatic rings. The number of aliphatic hydroxyl groups excluding tert-OH is 2. The number of ketones is 1. The number of carbonyl (C=O) groups is 3. The smallest absolute Gasteiger partial charge is 0.312 e. The standard InChI is InChI=1S/C47H64N4O12.ClH/c1-24-13-12-14-25(2)46(59)49-37-32(23-48-51-20-18-50(19-21-51)31-15-10-11-16-31)41(56)34-35(42(37)57)40(55)29(6)44-36(34)45(58)47(8,63-44)61-22-17-33(60-9)26(3)43(62-30(7)52)28(5)39(54)27(4)38(24)53;/h12-14,17,22-24,26-28,31,33,38-39,43,53-57H,10-11,15-16,18-21H2,1-9H3,(H,49,59);1H/b13-12-,22-17-,25-14-,48-23+;. The fourth-order valence-corrected chi connectivity index (χ4v) is 9.47. The minimum atomic E-state index is -2.04. The van der Waals surface area contributed by atoms with Gasteiger partial charge in [-0.05, 0) is 32.8 Å². The van der Waals surface area contributed by atoms with Crippen LogP contribution in [-0.4, -0.2) is 129 Å². The van der Waals surface area contributed by atoms with E-state index in [-0.39, 0.29) is 56.9 Å². The van der Waals surface area contributed by atoms with Crippen molar-refractivity contribution in [1.82, 2.24) is 9.91 Å². The number of phenolic OH excluding ortho intramolecular Hbond substituents is 3. The summed E-state index contributed by atoms with van der Waals surface area (Å²) >= 11 is 0. The van der Waals surface area contributed by atoms with Crippen LogP contribution in [0.5, 0.6) is 23.0 Å². The van der Waals surface area contributed by atoms with Crippen LogP contribution in [0, 0.1) is 30.6 Å². The number of rotatable bonds is 5. The molecule has 2 fully saturated rings. The van der Waals surface area contributed by atoms with Gasteiger partial charge in [0, 0.05) is 93.4 Å². The highest BCUT2D eigenvalue weighted by Gasteiger charge is 2.50. The minimum absolute atomic E-state index is 0. The van der Waals surface area contributed by atoms with Crippen molar-refractivity contribution < 1.29 is 58.9 Å². The van der Waals surface area contributed by atoms with Gasteiger partial charge in [-0.2, -0.15) is 5.10 Å². The summed E-state index contributed by atoms with van der Waals surface area (Å²) in [7, 11) is 1.44. The van der Waals surface area contributed by atoms with Crippen LogP contribution < -0.4 is 10.1 Å². The third-order valence-electron chi connectivity index (χ3n) is 13.5. The zero-order chi connectivity index (χ0) is 46.1. The fraction of sp³-hybridized carbons (Fsp3) is 0.574. The number of Topliss-reactive ketones (excluding diaryl/α,β-unsaturated/α-hetero) is 1. The first kappa shape index (κ1) is 50.1. The van der Waals surface area contributed by atoms with Crippen molar-refractivity contribution in [1.29, 1.82) is 0 Å². The molecule has 5 aliphatic rings. The topological polar surface area (TPSA) is 220 Å². The molecule has 0 radical (unpaired) electrons. The number of ether oxygens (including phenoxy) is 4. The minimum Gasteiger partial charge on any atom is -0.507 e. The molecule has 5 bridgehead atoms. The molecule has 9 atom stereocenters. The lowest BCUT2D eigenvalue weighted by Crippen LogP contribution is -2.47. The van der Waals surface area contributed by atoms with Gasteiger partial charge in [-0.25, -0.2) is 0 Å². The molecule has 352 valence electrons. The Kier molecular flexibility index (Phi) is 16.1. The van der Waals surface area contributed by atoms with E-state index in [1.165, 1.54) is 85.1 Å². The number of anilines is 1. The second-order valence-corrected chi connectivity index (χ2v) is 17.8. The Balaban J connectivity index is 0.00000771. The van der Waals surface area contributed by atoms with Crippen molar-refractivity contribution in [2.24, 2.45) is 28.8 Å². The number of hydrogen-bond donors (Lipinski definition) is 6. The number of esters is 1. The fourth-order valence-electron chi connectivity index (χ4n) is 9.47. The van der Waals surface area contributed by atoms with E-state index in [0.717, 1.165) is 13.1 Å². The Morgan fingerprint density at radius 2 is 1.58 bits per heavy atom. The summed E-state index contributed by atoms with van der Waals surface area (Å²) in [6.45, 7) is 15.4. The van der Waals surface area contributed by atoms with Gasteiger partial charge >= 0.3 is 11.8 Å². The lowest BCUT2D eigenvalue weighted by atomic mass is 9.78. The van der Waals surface area contributed by atoms with Gasteiger partial charge in [0.05, 0.1) is 53.0 Å². The van der Waals surface area contributed by atoms with Gasteiger partial charge in [-0.15, -0.1) is 12.4 Å². The summed E-state index contributed by atoms with van der Waals surface area (Å²) in [5.74, 6) is -8.28. The number of carbonyl (C=O) groups excluding carboxylic acids is 3. The summed E-state index contributed by atoms with van der Waals surface area (Å²) in [4.78, 5) is 43.2. The number of phenols is 3. The van der Waals surface area contributed by atoms with Crippen molar-refractivity contribution in [3.05, 3.63) is 52.8 Å². The van der Waals surface area contributed by atoms with Crippen LogP contribution >= 0.6 is 12.4 Å². The molecule has 2 aromatic carbocycles. The third-order valence-corrected chi connectivity index (χ3v) is 13.5. The Hall–Kier alpha value is -4.87. The summed E-state index contributed by atoms with van der Waals surface area (Å²) in [6, 6.07) is 0.553. The van der Waals surface area contributed by atoms with Gasteiger partial charge in [-0.3, -0.25) is 24.3 Å². The maximum Gasteiger partial charge on any atom is 0.312 e. The largest absolute Gasteiger partial charge is 0.507 e. The molecule has 17 heteroatoms. The summed E-state index contributed by atoms with van der Waals surface area (Å²) in [5, 5.41) is 67.6. The van der Waals surface area contributed by atoms with Crippen LogP contribution in [0.15, 0.2) is 41.2 Å². The highest BCUT2D eigenvalue weighted by molar-refractivity contribution is 6.23. The second-order valence-electron chi connectivity index (χ2n) is 17.8. The Morgan fingerprint density at radius 3 is 2.20 bits per heavy atom. The Labute approximate surface area is 381 Å². The van der Waals surface area contributed by atoms with Crippen molar-refractivity contribution in [2.75, 3.05) is 38.6 Å². The summed E-state index contributed by atoms with van der Waals surface area (Å²) in [5.41, 5.74) is -0.293. The van der Waals surface area contributed by atoms with Gasteiger partial charge in [0.15, 0.2) is 5.75 Å². The van der Waals surface area contributed by atoms with Crippen molar-refractivity contribution in [3.63, 3.8) is 0 Å². The number of hydrazone groups is 1. The quantitative estimate of drug-likeness (QED) is 0.0869. The first-order valence-electron chi connectivity index (χ1n) is 21.9. The highest BCUT2D eigenvalue weighted by atomic mass is 35.5. The molecule has 0 spiro atoms. The van der Waals surface area contributed by atoms with Crippen molar-refractivity contribution >= 4 is 52.7 Å². The number of nitrogens with zero attached hydrogens (tertiary/aromatic N) is 3. The normalized spacial score (nSPS) is 31.9. The molecule has 0 aromatic heterocycles. The highest BCUT2D eigenvalue weighted by Crippen LogP contribution is 2.55. The first-order valence-corrected chi connectivity index (χ1v) is 21.9. The molecule has 4 heterocycles. The van der Waals surface area contributed by atoms with Crippen LogP contribution in [-0.2, 0) is 23.8 Å². The number of nitrogens with one attached hydrogen (secondary N) is 1. The van der Waals surface area contributed by atoms with E-state index in [9.17, 15) is 39.9 Å². The van der Waals surface area contributed by atoms with Crippen LogP contribution in [0.25, 0.3) is 10.8 Å².